The lowest BCUT2D eigenvalue weighted by molar-refractivity contribution is 0.257. The maximum Gasteiger partial charge on any atom is 0.0361 e. The molecule has 16 heavy (non-hydrogen) atoms. The highest BCUT2D eigenvalue weighted by atomic mass is 15.0. The summed E-state index contributed by atoms with van der Waals surface area (Å²) in [6.45, 7) is 12.5. The molecule has 0 saturated carbocycles. The highest BCUT2D eigenvalue weighted by Gasteiger charge is 2.29. The smallest absolute Gasteiger partial charge is 0.0361 e. The van der Waals surface area contributed by atoms with Crippen LogP contribution in [0.4, 0.5) is 0 Å². The van der Waals surface area contributed by atoms with Gasteiger partial charge in [-0.1, -0.05) is 45.9 Å². The Morgan fingerprint density at radius 2 is 1.94 bits per heavy atom. The van der Waals surface area contributed by atoms with Crippen LogP contribution in [0.1, 0.15) is 50.4 Å². The standard InChI is InChI=1S/C15H23N/c1-10-6-7-12(15(3,4)5)8-13(10)14-11(2)9-16-14/h6-8,11,14,16H,9H2,1-5H3. The third-order valence-electron chi connectivity index (χ3n) is 3.71. The van der Waals surface area contributed by atoms with Gasteiger partial charge in [0.2, 0.25) is 0 Å². The van der Waals surface area contributed by atoms with Crippen molar-refractivity contribution in [2.75, 3.05) is 6.54 Å². The van der Waals surface area contributed by atoms with Crippen LogP contribution < -0.4 is 5.32 Å². The van der Waals surface area contributed by atoms with E-state index in [1.54, 1.807) is 0 Å². The number of nitrogens with one attached hydrogen (secondary N) is 1. The molecule has 1 saturated heterocycles. The van der Waals surface area contributed by atoms with Crippen molar-refractivity contribution in [2.24, 2.45) is 5.92 Å². The van der Waals surface area contributed by atoms with Crippen LogP contribution in [0.2, 0.25) is 0 Å². The molecule has 2 atom stereocenters. The van der Waals surface area contributed by atoms with Crippen molar-refractivity contribution in [3.8, 4) is 0 Å². The highest BCUT2D eigenvalue weighted by Crippen LogP contribution is 2.33. The van der Waals surface area contributed by atoms with Crippen molar-refractivity contribution in [1.82, 2.24) is 5.32 Å². The predicted molar refractivity (Wildman–Crippen MR) is 69.8 cm³/mol. The average Bonchev–Trinajstić information content (AvgIpc) is 2.17. The second-order valence-electron chi connectivity index (χ2n) is 6.18. The van der Waals surface area contributed by atoms with Crippen molar-refractivity contribution in [1.29, 1.82) is 0 Å². The maximum absolute atomic E-state index is 3.53. The molecular weight excluding hydrogens is 194 g/mol. The van der Waals surface area contributed by atoms with E-state index in [0.717, 1.165) is 12.5 Å². The molecule has 0 bridgehead atoms. The Morgan fingerprint density at radius 1 is 1.25 bits per heavy atom. The van der Waals surface area contributed by atoms with Gasteiger partial charge >= 0.3 is 0 Å². The van der Waals surface area contributed by atoms with Gasteiger partial charge in [0.1, 0.15) is 0 Å². The Kier molecular flexibility index (Phi) is 2.83. The zero-order chi connectivity index (χ0) is 11.9. The molecule has 1 aliphatic heterocycles. The third kappa shape index (κ3) is 2.01. The fraction of sp³-hybridized carbons (Fsp3) is 0.600. The molecule has 2 rings (SSSR count). The van der Waals surface area contributed by atoms with Gasteiger partial charge in [0.05, 0.1) is 0 Å². The largest absolute Gasteiger partial charge is 0.309 e. The molecule has 0 radical (unpaired) electrons. The van der Waals surface area contributed by atoms with Crippen LogP contribution in [0.3, 0.4) is 0 Å². The van der Waals surface area contributed by atoms with Crippen molar-refractivity contribution >= 4 is 0 Å². The van der Waals surface area contributed by atoms with E-state index < -0.39 is 0 Å². The summed E-state index contributed by atoms with van der Waals surface area (Å²) in [6, 6.07) is 7.50. The zero-order valence-electron chi connectivity index (χ0n) is 11.1. The van der Waals surface area contributed by atoms with Crippen LogP contribution in [0.25, 0.3) is 0 Å². The van der Waals surface area contributed by atoms with Crippen molar-refractivity contribution in [3.63, 3.8) is 0 Å². The van der Waals surface area contributed by atoms with Crippen LogP contribution in [-0.2, 0) is 5.41 Å². The number of hydrogen-bond acceptors (Lipinski definition) is 1. The van der Waals surface area contributed by atoms with Gasteiger partial charge in [0.25, 0.3) is 0 Å². The SMILES string of the molecule is Cc1ccc(C(C)(C)C)cc1C1NCC1C. The predicted octanol–water partition coefficient (Wildman–Crippen LogP) is 3.57. The summed E-state index contributed by atoms with van der Waals surface area (Å²) in [5, 5.41) is 3.53. The Labute approximate surface area is 99.3 Å². The molecule has 0 amide bonds. The zero-order valence-corrected chi connectivity index (χ0v) is 11.1. The normalized spacial score (nSPS) is 25.3. The minimum Gasteiger partial charge on any atom is -0.309 e. The fourth-order valence-corrected chi connectivity index (χ4v) is 2.33. The fourth-order valence-electron chi connectivity index (χ4n) is 2.33. The summed E-state index contributed by atoms with van der Waals surface area (Å²) in [5.41, 5.74) is 4.59. The summed E-state index contributed by atoms with van der Waals surface area (Å²) in [5.74, 6) is 0.772. The summed E-state index contributed by atoms with van der Waals surface area (Å²) in [7, 11) is 0. The maximum atomic E-state index is 3.53. The first-order valence-corrected chi connectivity index (χ1v) is 6.24. The van der Waals surface area contributed by atoms with E-state index in [1.807, 2.05) is 0 Å². The third-order valence-corrected chi connectivity index (χ3v) is 3.71. The molecule has 0 aromatic heterocycles. The van der Waals surface area contributed by atoms with E-state index in [-0.39, 0.29) is 5.41 Å². The molecule has 1 heteroatoms. The van der Waals surface area contributed by atoms with Crippen LogP contribution in [0.15, 0.2) is 18.2 Å². The molecule has 1 aromatic carbocycles. The van der Waals surface area contributed by atoms with Gasteiger partial charge in [-0.25, -0.2) is 0 Å². The van der Waals surface area contributed by atoms with E-state index in [9.17, 15) is 0 Å². The quantitative estimate of drug-likeness (QED) is 0.758. The number of benzene rings is 1. The molecule has 0 aliphatic carbocycles. The van der Waals surface area contributed by atoms with E-state index in [1.165, 1.54) is 16.7 Å². The van der Waals surface area contributed by atoms with Crippen LogP contribution in [0, 0.1) is 12.8 Å². The first-order chi connectivity index (χ1) is 7.39. The Hall–Kier alpha value is -0.820. The molecule has 1 N–H and O–H groups in total. The molecular formula is C15H23N. The van der Waals surface area contributed by atoms with Gasteiger partial charge in [-0.2, -0.15) is 0 Å². The minimum absolute atomic E-state index is 0.245. The molecule has 2 unspecified atom stereocenters. The van der Waals surface area contributed by atoms with Gasteiger partial charge < -0.3 is 5.32 Å². The van der Waals surface area contributed by atoms with Crippen LogP contribution in [0.5, 0.6) is 0 Å². The Balaban J connectivity index is 2.37. The van der Waals surface area contributed by atoms with E-state index in [4.69, 9.17) is 0 Å². The first-order valence-electron chi connectivity index (χ1n) is 6.24. The Morgan fingerprint density at radius 3 is 2.38 bits per heavy atom. The monoisotopic (exact) mass is 217 g/mol. The lowest BCUT2D eigenvalue weighted by Crippen LogP contribution is -2.44. The number of rotatable bonds is 1. The summed E-state index contributed by atoms with van der Waals surface area (Å²) < 4.78 is 0. The second kappa shape index (κ2) is 3.89. The molecule has 1 nitrogen and oxygen atoms in total. The van der Waals surface area contributed by atoms with Crippen molar-refractivity contribution in [2.45, 2.75) is 46.1 Å². The topological polar surface area (TPSA) is 12.0 Å². The highest BCUT2D eigenvalue weighted by molar-refractivity contribution is 5.37. The van der Waals surface area contributed by atoms with Gasteiger partial charge in [-0.3, -0.25) is 0 Å². The summed E-state index contributed by atoms with van der Waals surface area (Å²) >= 11 is 0. The minimum atomic E-state index is 0.245. The molecule has 1 heterocycles. The number of hydrogen-bond donors (Lipinski definition) is 1. The van der Waals surface area contributed by atoms with Crippen LogP contribution >= 0.6 is 0 Å². The van der Waals surface area contributed by atoms with Gasteiger partial charge in [0.15, 0.2) is 0 Å². The number of aryl methyl sites for hydroxylation is 1. The van der Waals surface area contributed by atoms with Gasteiger partial charge in [-0.15, -0.1) is 0 Å². The molecule has 1 aliphatic rings. The molecule has 1 aromatic rings. The molecule has 1 fully saturated rings. The average molecular weight is 217 g/mol. The van der Waals surface area contributed by atoms with E-state index in [2.05, 4.69) is 58.1 Å². The van der Waals surface area contributed by atoms with E-state index in [0.29, 0.717) is 6.04 Å². The second-order valence-corrected chi connectivity index (χ2v) is 6.18. The summed E-state index contributed by atoms with van der Waals surface area (Å²) in [6.07, 6.45) is 0. The van der Waals surface area contributed by atoms with Crippen molar-refractivity contribution < 1.29 is 0 Å². The lowest BCUT2D eigenvalue weighted by atomic mass is 9.80. The van der Waals surface area contributed by atoms with Crippen LogP contribution in [-0.4, -0.2) is 6.54 Å². The van der Waals surface area contributed by atoms with E-state index >= 15 is 0 Å². The molecule has 0 spiro atoms. The Bertz CT molecular complexity index is 387. The summed E-state index contributed by atoms with van der Waals surface area (Å²) in [4.78, 5) is 0. The van der Waals surface area contributed by atoms with Crippen molar-refractivity contribution in [3.05, 3.63) is 34.9 Å². The first kappa shape index (κ1) is 11.7. The van der Waals surface area contributed by atoms with Gasteiger partial charge in [-0.05, 0) is 34.9 Å². The molecule has 88 valence electrons. The van der Waals surface area contributed by atoms with Gasteiger partial charge in [0, 0.05) is 12.6 Å². The lowest BCUT2D eigenvalue weighted by Gasteiger charge is -2.37.